The van der Waals surface area contributed by atoms with E-state index in [2.05, 4.69) is 4.98 Å². The summed E-state index contributed by atoms with van der Waals surface area (Å²) in [4.78, 5) is 17.1. The number of carbonyl (C=O) groups excluding carboxylic acids is 1. The first-order chi connectivity index (χ1) is 14.4. The predicted octanol–water partition coefficient (Wildman–Crippen LogP) is 6.67. The van der Waals surface area contributed by atoms with Gasteiger partial charge in [0.05, 0.1) is 11.3 Å². The molecule has 3 aromatic carbocycles. The number of halogens is 3. The van der Waals surface area contributed by atoms with E-state index in [-0.39, 0.29) is 11.3 Å². The second-order valence-corrected chi connectivity index (χ2v) is 6.78. The number of benzene rings is 3. The molecule has 148 valence electrons. The average Bonchev–Trinajstić information content (AvgIpc) is 2.79. The molecule has 4 rings (SSSR count). The monoisotopic (exact) mass is 403 g/mol. The Morgan fingerprint density at radius 2 is 1.20 bits per heavy atom. The largest absolute Gasteiger partial charge is 0.416 e. The molecule has 1 aromatic heterocycles. The van der Waals surface area contributed by atoms with E-state index in [1.54, 1.807) is 30.5 Å². The molecule has 0 saturated heterocycles. The fraction of sp³-hybridized carbons (Fsp3) is 0.0400. The molecule has 2 nitrogen and oxygen atoms in total. The third kappa shape index (κ3) is 4.15. The first-order valence-electron chi connectivity index (χ1n) is 9.26. The van der Waals surface area contributed by atoms with E-state index in [1.165, 1.54) is 12.1 Å². The molecule has 0 saturated carbocycles. The van der Waals surface area contributed by atoms with Crippen molar-refractivity contribution in [3.05, 3.63) is 114 Å². The van der Waals surface area contributed by atoms with Crippen LogP contribution in [0.3, 0.4) is 0 Å². The van der Waals surface area contributed by atoms with Gasteiger partial charge in [0.1, 0.15) is 0 Å². The zero-order valence-corrected chi connectivity index (χ0v) is 15.7. The summed E-state index contributed by atoms with van der Waals surface area (Å²) in [7, 11) is 0. The summed E-state index contributed by atoms with van der Waals surface area (Å²) in [5.74, 6) is -0.326. The van der Waals surface area contributed by atoms with Crippen molar-refractivity contribution >= 4 is 5.78 Å². The number of aromatic nitrogens is 1. The van der Waals surface area contributed by atoms with Gasteiger partial charge in [-0.1, -0.05) is 72.8 Å². The van der Waals surface area contributed by atoms with Gasteiger partial charge in [-0.25, -0.2) is 0 Å². The van der Waals surface area contributed by atoms with Crippen LogP contribution in [0, 0.1) is 0 Å². The Morgan fingerprint density at radius 3 is 1.73 bits per heavy atom. The predicted molar refractivity (Wildman–Crippen MR) is 110 cm³/mol. The summed E-state index contributed by atoms with van der Waals surface area (Å²) in [5, 5.41) is 0. The lowest BCUT2D eigenvalue weighted by Crippen LogP contribution is -2.06. The van der Waals surface area contributed by atoms with E-state index in [0.29, 0.717) is 5.56 Å². The van der Waals surface area contributed by atoms with Crippen molar-refractivity contribution in [3.63, 3.8) is 0 Å². The molecule has 0 aliphatic rings. The standard InChI is InChI=1S/C25H16F3NO/c26-25(27,28)22-13-10-20(11-14-22)24(30)19-8-6-17(7-9-19)21-12-15-23(29-16-21)18-4-2-1-3-5-18/h1-16H. The maximum absolute atomic E-state index is 12.7. The molecule has 0 unspecified atom stereocenters. The van der Waals surface area contributed by atoms with Gasteiger partial charge >= 0.3 is 6.18 Å². The van der Waals surface area contributed by atoms with Crippen LogP contribution in [-0.4, -0.2) is 10.8 Å². The lowest BCUT2D eigenvalue weighted by atomic mass is 9.99. The van der Waals surface area contributed by atoms with Gasteiger partial charge in [0, 0.05) is 28.5 Å². The van der Waals surface area contributed by atoms with Gasteiger partial charge in [-0.15, -0.1) is 0 Å². The molecular formula is C25H16F3NO. The number of ketones is 1. The topological polar surface area (TPSA) is 30.0 Å². The zero-order chi connectivity index (χ0) is 21.1. The van der Waals surface area contributed by atoms with Gasteiger partial charge < -0.3 is 0 Å². The van der Waals surface area contributed by atoms with Gasteiger partial charge in [-0.2, -0.15) is 13.2 Å². The van der Waals surface area contributed by atoms with Crippen LogP contribution in [-0.2, 0) is 6.18 Å². The summed E-state index contributed by atoms with van der Waals surface area (Å²) in [6, 6.07) is 24.9. The third-order valence-corrected chi connectivity index (χ3v) is 4.79. The van der Waals surface area contributed by atoms with E-state index in [9.17, 15) is 18.0 Å². The maximum Gasteiger partial charge on any atom is 0.416 e. The van der Waals surface area contributed by atoms with Crippen LogP contribution in [0.25, 0.3) is 22.4 Å². The zero-order valence-electron chi connectivity index (χ0n) is 15.7. The first-order valence-corrected chi connectivity index (χ1v) is 9.26. The smallest absolute Gasteiger partial charge is 0.289 e. The van der Waals surface area contributed by atoms with Crippen molar-refractivity contribution in [2.24, 2.45) is 0 Å². The number of pyridine rings is 1. The summed E-state index contributed by atoms with van der Waals surface area (Å²) in [6.45, 7) is 0. The van der Waals surface area contributed by atoms with E-state index < -0.39 is 11.7 Å². The van der Waals surface area contributed by atoms with Crippen molar-refractivity contribution in [3.8, 4) is 22.4 Å². The normalized spacial score (nSPS) is 11.3. The number of hydrogen-bond acceptors (Lipinski definition) is 2. The highest BCUT2D eigenvalue weighted by Crippen LogP contribution is 2.29. The molecule has 0 aliphatic heterocycles. The molecule has 0 bridgehead atoms. The van der Waals surface area contributed by atoms with E-state index in [4.69, 9.17) is 0 Å². The Hall–Kier alpha value is -3.73. The van der Waals surface area contributed by atoms with Crippen molar-refractivity contribution in [2.75, 3.05) is 0 Å². The van der Waals surface area contributed by atoms with Gasteiger partial charge in [0.15, 0.2) is 5.78 Å². The van der Waals surface area contributed by atoms with Crippen LogP contribution in [0.1, 0.15) is 21.5 Å². The summed E-state index contributed by atoms with van der Waals surface area (Å²) in [5.41, 5.74) is 3.54. The van der Waals surface area contributed by atoms with Crippen molar-refractivity contribution in [2.45, 2.75) is 6.18 Å². The van der Waals surface area contributed by atoms with Crippen molar-refractivity contribution in [1.29, 1.82) is 0 Å². The SMILES string of the molecule is O=C(c1ccc(-c2ccc(-c3ccccc3)nc2)cc1)c1ccc(C(F)(F)F)cc1. The maximum atomic E-state index is 12.7. The van der Waals surface area contributed by atoms with Gasteiger partial charge in [0.2, 0.25) is 0 Å². The highest BCUT2D eigenvalue weighted by atomic mass is 19.4. The minimum absolute atomic E-state index is 0.213. The summed E-state index contributed by atoms with van der Waals surface area (Å²) in [6.07, 6.45) is -2.65. The Labute approximate surface area is 171 Å². The molecule has 0 N–H and O–H groups in total. The minimum Gasteiger partial charge on any atom is -0.289 e. The number of alkyl halides is 3. The van der Waals surface area contributed by atoms with Crippen LogP contribution >= 0.6 is 0 Å². The molecule has 0 spiro atoms. The summed E-state index contributed by atoms with van der Waals surface area (Å²) >= 11 is 0. The van der Waals surface area contributed by atoms with Crippen LogP contribution in [0.5, 0.6) is 0 Å². The summed E-state index contributed by atoms with van der Waals surface area (Å²) < 4.78 is 38.0. The molecule has 30 heavy (non-hydrogen) atoms. The van der Waals surface area contributed by atoms with Gasteiger partial charge in [0.25, 0.3) is 0 Å². The Morgan fingerprint density at radius 1 is 0.633 bits per heavy atom. The molecule has 0 aliphatic carbocycles. The molecule has 0 fully saturated rings. The minimum atomic E-state index is -4.42. The number of nitrogens with zero attached hydrogens (tertiary/aromatic N) is 1. The van der Waals surface area contributed by atoms with Gasteiger partial charge in [-0.05, 0) is 23.8 Å². The average molecular weight is 403 g/mol. The van der Waals surface area contributed by atoms with E-state index >= 15 is 0 Å². The Bertz CT molecular complexity index is 1150. The van der Waals surface area contributed by atoms with E-state index in [0.717, 1.165) is 34.5 Å². The second kappa shape index (κ2) is 7.95. The highest BCUT2D eigenvalue weighted by molar-refractivity contribution is 6.09. The Kier molecular flexibility index (Phi) is 5.19. The molecule has 5 heteroatoms. The molecule has 1 heterocycles. The fourth-order valence-corrected chi connectivity index (χ4v) is 3.14. The van der Waals surface area contributed by atoms with Crippen LogP contribution in [0.15, 0.2) is 97.2 Å². The van der Waals surface area contributed by atoms with Crippen LogP contribution in [0.4, 0.5) is 13.2 Å². The molecule has 0 radical (unpaired) electrons. The quantitative estimate of drug-likeness (QED) is 0.356. The fourth-order valence-electron chi connectivity index (χ4n) is 3.14. The lowest BCUT2D eigenvalue weighted by molar-refractivity contribution is -0.137. The van der Waals surface area contributed by atoms with Crippen LogP contribution in [0.2, 0.25) is 0 Å². The number of hydrogen-bond donors (Lipinski definition) is 0. The second-order valence-electron chi connectivity index (χ2n) is 6.78. The molecular weight excluding hydrogens is 387 g/mol. The van der Waals surface area contributed by atoms with Crippen molar-refractivity contribution in [1.82, 2.24) is 4.98 Å². The highest BCUT2D eigenvalue weighted by Gasteiger charge is 2.30. The van der Waals surface area contributed by atoms with E-state index in [1.807, 2.05) is 42.5 Å². The molecule has 4 aromatic rings. The molecule has 0 atom stereocenters. The van der Waals surface area contributed by atoms with Gasteiger partial charge in [-0.3, -0.25) is 9.78 Å². The first kappa shape index (κ1) is 19.6. The lowest BCUT2D eigenvalue weighted by Gasteiger charge is -2.08. The van der Waals surface area contributed by atoms with Crippen molar-refractivity contribution < 1.29 is 18.0 Å². The number of carbonyl (C=O) groups is 1. The third-order valence-electron chi connectivity index (χ3n) is 4.79. The molecule has 0 amide bonds. The number of rotatable bonds is 4. The Balaban J connectivity index is 1.52. The van der Waals surface area contributed by atoms with Crippen LogP contribution < -0.4 is 0 Å².